The predicted octanol–water partition coefficient (Wildman–Crippen LogP) is 2.88. The van der Waals surface area contributed by atoms with E-state index in [1.165, 1.54) is 19.3 Å². The molecule has 0 radical (unpaired) electrons. The second kappa shape index (κ2) is 5.03. The Kier molecular flexibility index (Phi) is 3.88. The fourth-order valence-corrected chi connectivity index (χ4v) is 2.48. The van der Waals surface area contributed by atoms with Crippen LogP contribution >= 0.6 is 0 Å². The van der Waals surface area contributed by atoms with Crippen molar-refractivity contribution >= 4 is 0 Å². The summed E-state index contributed by atoms with van der Waals surface area (Å²) in [7, 11) is 0. The highest BCUT2D eigenvalue weighted by molar-refractivity contribution is 4.89. The van der Waals surface area contributed by atoms with Crippen molar-refractivity contribution in [3.63, 3.8) is 0 Å². The zero-order chi connectivity index (χ0) is 11.5. The summed E-state index contributed by atoms with van der Waals surface area (Å²) in [5.74, 6) is -0.369. The third-order valence-electron chi connectivity index (χ3n) is 3.70. The SMILES string of the molecule is CCCCCC1(C)OCC2(CCCO2)CO1. The van der Waals surface area contributed by atoms with Gasteiger partial charge in [-0.2, -0.15) is 0 Å². The van der Waals surface area contributed by atoms with Gasteiger partial charge in [0.25, 0.3) is 0 Å². The van der Waals surface area contributed by atoms with E-state index in [1.807, 2.05) is 0 Å². The van der Waals surface area contributed by atoms with Crippen LogP contribution in [-0.4, -0.2) is 31.2 Å². The average molecular weight is 228 g/mol. The van der Waals surface area contributed by atoms with E-state index in [1.54, 1.807) is 0 Å². The maximum Gasteiger partial charge on any atom is 0.165 e. The van der Waals surface area contributed by atoms with Crippen LogP contribution in [0, 0.1) is 0 Å². The normalized spacial score (nSPS) is 39.4. The number of ether oxygens (including phenoxy) is 3. The second-order valence-corrected chi connectivity index (χ2v) is 5.30. The van der Waals surface area contributed by atoms with Gasteiger partial charge in [0.05, 0.1) is 13.2 Å². The van der Waals surface area contributed by atoms with Gasteiger partial charge in [-0.1, -0.05) is 19.8 Å². The van der Waals surface area contributed by atoms with Crippen LogP contribution in [0.2, 0.25) is 0 Å². The number of rotatable bonds is 4. The van der Waals surface area contributed by atoms with E-state index < -0.39 is 0 Å². The monoisotopic (exact) mass is 228 g/mol. The summed E-state index contributed by atoms with van der Waals surface area (Å²) in [6.07, 6.45) is 6.89. The second-order valence-electron chi connectivity index (χ2n) is 5.30. The summed E-state index contributed by atoms with van der Waals surface area (Å²) in [6.45, 7) is 6.54. The molecule has 0 aromatic rings. The third-order valence-corrected chi connectivity index (χ3v) is 3.70. The highest BCUT2D eigenvalue weighted by Crippen LogP contribution is 2.35. The first-order valence-corrected chi connectivity index (χ1v) is 6.60. The van der Waals surface area contributed by atoms with Crippen molar-refractivity contribution in [1.29, 1.82) is 0 Å². The molecule has 3 nitrogen and oxygen atoms in total. The molecule has 0 saturated carbocycles. The maximum absolute atomic E-state index is 5.90. The first kappa shape index (κ1) is 12.3. The van der Waals surface area contributed by atoms with E-state index in [2.05, 4.69) is 13.8 Å². The van der Waals surface area contributed by atoms with Crippen molar-refractivity contribution in [1.82, 2.24) is 0 Å². The van der Waals surface area contributed by atoms with E-state index in [0.717, 1.165) is 25.9 Å². The lowest BCUT2D eigenvalue weighted by atomic mass is 9.99. The molecule has 0 bridgehead atoms. The molecule has 2 heterocycles. The van der Waals surface area contributed by atoms with Gasteiger partial charge in [0.1, 0.15) is 5.60 Å². The van der Waals surface area contributed by atoms with E-state index in [0.29, 0.717) is 13.2 Å². The Morgan fingerprint density at radius 3 is 2.38 bits per heavy atom. The molecule has 1 spiro atoms. The third kappa shape index (κ3) is 2.76. The molecule has 16 heavy (non-hydrogen) atoms. The Morgan fingerprint density at radius 1 is 1.06 bits per heavy atom. The number of hydrogen-bond donors (Lipinski definition) is 0. The van der Waals surface area contributed by atoms with Gasteiger partial charge < -0.3 is 14.2 Å². The summed E-state index contributed by atoms with van der Waals surface area (Å²) in [5, 5.41) is 0. The van der Waals surface area contributed by atoms with Crippen LogP contribution < -0.4 is 0 Å². The Labute approximate surface area is 98.4 Å². The smallest absolute Gasteiger partial charge is 0.165 e. The van der Waals surface area contributed by atoms with Crippen LogP contribution in [-0.2, 0) is 14.2 Å². The lowest BCUT2D eigenvalue weighted by Gasteiger charge is -2.42. The maximum atomic E-state index is 5.90. The van der Waals surface area contributed by atoms with Gasteiger partial charge in [-0.15, -0.1) is 0 Å². The lowest BCUT2D eigenvalue weighted by molar-refractivity contribution is -0.312. The minimum absolute atomic E-state index is 0.121. The molecule has 0 aliphatic carbocycles. The van der Waals surface area contributed by atoms with Crippen LogP contribution in [0.3, 0.4) is 0 Å². The first-order valence-electron chi connectivity index (χ1n) is 6.60. The minimum Gasteiger partial charge on any atom is -0.370 e. The van der Waals surface area contributed by atoms with Crippen LogP contribution in [0.4, 0.5) is 0 Å². The number of hydrogen-bond acceptors (Lipinski definition) is 3. The molecule has 2 aliphatic rings. The highest BCUT2D eigenvalue weighted by Gasteiger charge is 2.44. The Morgan fingerprint density at radius 2 is 1.81 bits per heavy atom. The molecule has 0 N–H and O–H groups in total. The Hall–Kier alpha value is -0.120. The molecule has 2 aliphatic heterocycles. The summed E-state index contributed by atoms with van der Waals surface area (Å²) < 4.78 is 17.6. The largest absolute Gasteiger partial charge is 0.370 e. The van der Waals surface area contributed by atoms with E-state index >= 15 is 0 Å². The standard InChI is InChI=1S/C13H24O3/c1-3-4-5-7-12(2)15-10-13(11-16-12)8-6-9-14-13/h3-11H2,1-2H3. The van der Waals surface area contributed by atoms with Crippen LogP contribution in [0.5, 0.6) is 0 Å². The van der Waals surface area contributed by atoms with Crippen molar-refractivity contribution in [2.75, 3.05) is 19.8 Å². The Bertz CT molecular complexity index is 211. The molecule has 0 amide bonds. The zero-order valence-electron chi connectivity index (χ0n) is 10.6. The van der Waals surface area contributed by atoms with Crippen LogP contribution in [0.1, 0.15) is 52.4 Å². The predicted molar refractivity (Wildman–Crippen MR) is 62.4 cm³/mol. The first-order chi connectivity index (χ1) is 7.68. The van der Waals surface area contributed by atoms with E-state index in [-0.39, 0.29) is 11.4 Å². The minimum atomic E-state index is -0.369. The van der Waals surface area contributed by atoms with E-state index in [9.17, 15) is 0 Å². The molecular formula is C13H24O3. The van der Waals surface area contributed by atoms with Crippen LogP contribution in [0.25, 0.3) is 0 Å². The van der Waals surface area contributed by atoms with Crippen molar-refractivity contribution in [3.8, 4) is 0 Å². The van der Waals surface area contributed by atoms with Crippen LogP contribution in [0.15, 0.2) is 0 Å². The van der Waals surface area contributed by atoms with Gasteiger partial charge in [-0.3, -0.25) is 0 Å². The summed E-state index contributed by atoms with van der Waals surface area (Å²) in [4.78, 5) is 0. The van der Waals surface area contributed by atoms with Crippen molar-refractivity contribution in [2.45, 2.75) is 63.8 Å². The fraction of sp³-hybridized carbons (Fsp3) is 1.00. The summed E-state index contributed by atoms with van der Waals surface area (Å²) in [5.41, 5.74) is -0.121. The zero-order valence-corrected chi connectivity index (χ0v) is 10.6. The van der Waals surface area contributed by atoms with E-state index in [4.69, 9.17) is 14.2 Å². The van der Waals surface area contributed by atoms with Gasteiger partial charge in [0, 0.05) is 13.0 Å². The molecule has 0 unspecified atom stereocenters. The average Bonchev–Trinajstić information content (AvgIpc) is 2.73. The molecule has 0 aromatic heterocycles. The van der Waals surface area contributed by atoms with Gasteiger partial charge in [0.2, 0.25) is 0 Å². The molecule has 2 rings (SSSR count). The molecule has 2 saturated heterocycles. The molecule has 94 valence electrons. The lowest BCUT2D eigenvalue weighted by Crippen LogP contribution is -2.52. The Balaban J connectivity index is 1.78. The quantitative estimate of drug-likeness (QED) is 0.692. The molecular weight excluding hydrogens is 204 g/mol. The van der Waals surface area contributed by atoms with Gasteiger partial charge in [-0.25, -0.2) is 0 Å². The fourth-order valence-electron chi connectivity index (χ4n) is 2.48. The molecule has 0 aromatic carbocycles. The van der Waals surface area contributed by atoms with Crippen molar-refractivity contribution in [2.24, 2.45) is 0 Å². The van der Waals surface area contributed by atoms with Crippen molar-refractivity contribution < 1.29 is 14.2 Å². The number of unbranched alkanes of at least 4 members (excludes halogenated alkanes) is 2. The molecule has 3 heteroatoms. The topological polar surface area (TPSA) is 27.7 Å². The van der Waals surface area contributed by atoms with Gasteiger partial charge >= 0.3 is 0 Å². The van der Waals surface area contributed by atoms with Gasteiger partial charge in [0.15, 0.2) is 5.79 Å². The summed E-state index contributed by atoms with van der Waals surface area (Å²) >= 11 is 0. The van der Waals surface area contributed by atoms with Crippen molar-refractivity contribution in [3.05, 3.63) is 0 Å². The highest BCUT2D eigenvalue weighted by atomic mass is 16.7. The molecule has 2 fully saturated rings. The van der Waals surface area contributed by atoms with Gasteiger partial charge in [-0.05, 0) is 26.2 Å². The molecule has 0 atom stereocenters. The summed E-state index contributed by atoms with van der Waals surface area (Å²) in [6, 6.07) is 0.